The summed E-state index contributed by atoms with van der Waals surface area (Å²) >= 11 is 0. The molecule has 0 aromatic heterocycles. The highest BCUT2D eigenvalue weighted by molar-refractivity contribution is 14.0. The number of halogens is 1. The maximum absolute atomic E-state index is 11.8. The van der Waals surface area contributed by atoms with E-state index in [1.54, 1.807) is 7.05 Å². The quantitative estimate of drug-likeness (QED) is 0.236. The number of likely N-dealkylation sites (tertiary alicyclic amines) is 1. The lowest BCUT2D eigenvalue weighted by Gasteiger charge is -2.19. The van der Waals surface area contributed by atoms with Gasteiger partial charge in [-0.3, -0.25) is 9.69 Å². The second-order valence-electron chi connectivity index (χ2n) is 8.66. The zero-order chi connectivity index (χ0) is 23.3. The van der Waals surface area contributed by atoms with Crippen LogP contribution in [0.15, 0.2) is 53.5 Å². The monoisotopic (exact) mass is 577 g/mol. The normalized spacial score (nSPS) is 14.6. The molecule has 6 nitrogen and oxygen atoms in total. The van der Waals surface area contributed by atoms with Crippen LogP contribution in [0, 0.1) is 0 Å². The summed E-state index contributed by atoms with van der Waals surface area (Å²) in [4.78, 5) is 19.2. The lowest BCUT2D eigenvalue weighted by atomic mass is 10.1. The molecule has 1 fully saturated rings. The van der Waals surface area contributed by atoms with Crippen LogP contribution in [-0.2, 0) is 19.5 Å². The van der Waals surface area contributed by atoms with Crippen LogP contribution in [0.3, 0.4) is 0 Å². The van der Waals surface area contributed by atoms with Gasteiger partial charge in [0.15, 0.2) is 5.96 Å². The summed E-state index contributed by atoms with van der Waals surface area (Å²) in [6.07, 6.45) is 6.22. The summed E-state index contributed by atoms with van der Waals surface area (Å²) in [6, 6.07) is 16.6. The Morgan fingerprint density at radius 1 is 0.941 bits per heavy atom. The van der Waals surface area contributed by atoms with E-state index >= 15 is 0 Å². The Hall–Kier alpha value is -2.13. The van der Waals surface area contributed by atoms with Crippen LogP contribution in [0.1, 0.15) is 59.7 Å². The first kappa shape index (κ1) is 28.1. The smallest absolute Gasteiger partial charge is 0.251 e. The molecule has 7 heteroatoms. The second kappa shape index (κ2) is 15.7. The van der Waals surface area contributed by atoms with Gasteiger partial charge < -0.3 is 16.0 Å². The zero-order valence-electron chi connectivity index (χ0n) is 20.6. The minimum absolute atomic E-state index is 0. The average Bonchev–Trinajstić information content (AvgIpc) is 3.12. The molecule has 2 aromatic rings. The molecule has 3 rings (SSSR count). The Morgan fingerprint density at radius 3 is 2.32 bits per heavy atom. The van der Waals surface area contributed by atoms with Crippen molar-refractivity contribution in [3.63, 3.8) is 0 Å². The van der Waals surface area contributed by atoms with Gasteiger partial charge in [0.1, 0.15) is 0 Å². The molecule has 1 aliphatic heterocycles. The molecule has 0 saturated carbocycles. The highest BCUT2D eigenvalue weighted by atomic mass is 127. The molecule has 1 amide bonds. The molecular formula is C27H40IN5O. The van der Waals surface area contributed by atoms with E-state index < -0.39 is 0 Å². The third kappa shape index (κ3) is 9.62. The summed E-state index contributed by atoms with van der Waals surface area (Å²) < 4.78 is 0. The molecule has 1 aliphatic rings. The predicted molar refractivity (Wildman–Crippen MR) is 152 cm³/mol. The van der Waals surface area contributed by atoms with Gasteiger partial charge in [0.25, 0.3) is 5.91 Å². The largest absolute Gasteiger partial charge is 0.357 e. The van der Waals surface area contributed by atoms with Crippen LogP contribution in [-0.4, -0.2) is 50.0 Å². The topological polar surface area (TPSA) is 68.8 Å². The summed E-state index contributed by atoms with van der Waals surface area (Å²) in [7, 11) is 1.65. The minimum atomic E-state index is -0.0582. The number of carbonyl (C=O) groups excluding carboxylic acids is 1. The number of carbonyl (C=O) groups is 1. The first-order valence-corrected chi connectivity index (χ1v) is 12.3. The highest BCUT2D eigenvalue weighted by Crippen LogP contribution is 2.14. The first-order chi connectivity index (χ1) is 16.2. The molecule has 1 heterocycles. The summed E-state index contributed by atoms with van der Waals surface area (Å²) in [5, 5.41) is 9.39. The number of benzene rings is 2. The minimum Gasteiger partial charge on any atom is -0.357 e. The zero-order valence-corrected chi connectivity index (χ0v) is 22.9. The Kier molecular flexibility index (Phi) is 13.0. The molecule has 186 valence electrons. The summed E-state index contributed by atoms with van der Waals surface area (Å²) in [5.41, 5.74) is 4.41. The van der Waals surface area contributed by atoms with Crippen LogP contribution in [0.2, 0.25) is 0 Å². The van der Waals surface area contributed by atoms with Crippen LogP contribution in [0.4, 0.5) is 0 Å². The fraction of sp³-hybridized carbons (Fsp3) is 0.481. The van der Waals surface area contributed by atoms with Crippen molar-refractivity contribution in [1.82, 2.24) is 20.9 Å². The number of guanidine groups is 1. The van der Waals surface area contributed by atoms with Gasteiger partial charge in [-0.1, -0.05) is 49.2 Å². The van der Waals surface area contributed by atoms with Gasteiger partial charge in [-0.05, 0) is 68.1 Å². The van der Waals surface area contributed by atoms with Crippen molar-refractivity contribution in [2.24, 2.45) is 4.99 Å². The van der Waals surface area contributed by atoms with Crippen molar-refractivity contribution in [2.45, 2.75) is 52.1 Å². The molecule has 0 aliphatic carbocycles. The van der Waals surface area contributed by atoms with E-state index in [0.717, 1.165) is 37.6 Å². The number of rotatable bonds is 9. The number of aliphatic imine (C=N–C) groups is 1. The third-order valence-corrected chi connectivity index (χ3v) is 6.01. The average molecular weight is 578 g/mol. The van der Waals surface area contributed by atoms with Gasteiger partial charge in [-0.2, -0.15) is 0 Å². The van der Waals surface area contributed by atoms with E-state index in [9.17, 15) is 4.79 Å². The van der Waals surface area contributed by atoms with E-state index in [-0.39, 0.29) is 29.9 Å². The second-order valence-corrected chi connectivity index (χ2v) is 8.66. The van der Waals surface area contributed by atoms with Crippen molar-refractivity contribution in [2.75, 3.05) is 33.2 Å². The first-order valence-electron chi connectivity index (χ1n) is 12.3. The van der Waals surface area contributed by atoms with Gasteiger partial charge in [0.05, 0.1) is 6.54 Å². The van der Waals surface area contributed by atoms with Gasteiger partial charge >= 0.3 is 0 Å². The summed E-state index contributed by atoms with van der Waals surface area (Å²) in [5.74, 6) is 0.755. The van der Waals surface area contributed by atoms with E-state index in [2.05, 4.69) is 52.0 Å². The Bertz CT molecular complexity index is 892. The maximum atomic E-state index is 11.8. The van der Waals surface area contributed by atoms with Crippen molar-refractivity contribution < 1.29 is 4.79 Å². The van der Waals surface area contributed by atoms with E-state index in [4.69, 9.17) is 4.99 Å². The van der Waals surface area contributed by atoms with Gasteiger partial charge in [0.2, 0.25) is 0 Å². The molecule has 0 spiro atoms. The molecule has 0 unspecified atom stereocenters. The Morgan fingerprint density at radius 2 is 1.65 bits per heavy atom. The van der Waals surface area contributed by atoms with Crippen LogP contribution < -0.4 is 16.0 Å². The van der Waals surface area contributed by atoms with Crippen LogP contribution in [0.5, 0.6) is 0 Å². The molecule has 0 radical (unpaired) electrons. The third-order valence-electron chi connectivity index (χ3n) is 6.01. The van der Waals surface area contributed by atoms with Crippen molar-refractivity contribution >= 4 is 35.8 Å². The van der Waals surface area contributed by atoms with E-state index in [0.29, 0.717) is 12.1 Å². The molecule has 0 bridgehead atoms. The maximum Gasteiger partial charge on any atom is 0.251 e. The molecule has 34 heavy (non-hydrogen) atoms. The van der Waals surface area contributed by atoms with Gasteiger partial charge in [-0.15, -0.1) is 24.0 Å². The van der Waals surface area contributed by atoms with Crippen molar-refractivity contribution in [3.05, 3.63) is 70.8 Å². The van der Waals surface area contributed by atoms with Crippen molar-refractivity contribution in [3.8, 4) is 0 Å². The van der Waals surface area contributed by atoms with E-state index in [1.807, 2.05) is 24.3 Å². The Balaban J connectivity index is 0.00000408. The standard InChI is InChI=1S/C27H39N5O.HI/c1-3-29-27(30-16-15-22-9-8-10-25(19-22)26(33)28-2)31-20-23-11-13-24(14-12-23)21-32-17-6-4-5-7-18-32;/h8-14,19H,3-7,15-18,20-21H2,1-2H3,(H,28,33)(H2,29,30,31);1H. The van der Waals surface area contributed by atoms with E-state index in [1.165, 1.54) is 49.9 Å². The SMILES string of the molecule is CCNC(=NCc1ccc(CN2CCCCCC2)cc1)NCCc1cccc(C(=O)NC)c1.I. The van der Waals surface area contributed by atoms with Crippen LogP contribution in [0.25, 0.3) is 0 Å². The highest BCUT2D eigenvalue weighted by Gasteiger charge is 2.09. The number of hydrogen-bond donors (Lipinski definition) is 3. The summed E-state index contributed by atoms with van der Waals surface area (Å²) in [6.45, 7) is 7.77. The molecular weight excluding hydrogens is 537 g/mol. The van der Waals surface area contributed by atoms with Crippen LogP contribution >= 0.6 is 24.0 Å². The molecule has 3 N–H and O–H groups in total. The number of hydrogen-bond acceptors (Lipinski definition) is 3. The lowest BCUT2D eigenvalue weighted by Crippen LogP contribution is -2.38. The number of amides is 1. The van der Waals surface area contributed by atoms with Gasteiger partial charge in [0, 0.05) is 32.2 Å². The molecule has 2 aromatic carbocycles. The van der Waals surface area contributed by atoms with Gasteiger partial charge in [-0.25, -0.2) is 4.99 Å². The Labute approximate surface area is 222 Å². The number of nitrogens with zero attached hydrogens (tertiary/aromatic N) is 2. The fourth-order valence-corrected chi connectivity index (χ4v) is 4.15. The van der Waals surface area contributed by atoms with Crippen molar-refractivity contribution in [1.29, 1.82) is 0 Å². The fourth-order valence-electron chi connectivity index (χ4n) is 4.15. The number of nitrogens with one attached hydrogen (secondary N) is 3. The molecule has 1 saturated heterocycles. The lowest BCUT2D eigenvalue weighted by molar-refractivity contribution is 0.0963. The molecule has 0 atom stereocenters. The predicted octanol–water partition coefficient (Wildman–Crippen LogP) is 4.34.